The Morgan fingerprint density at radius 2 is 1.96 bits per heavy atom. The molecule has 24 heavy (non-hydrogen) atoms. The van der Waals surface area contributed by atoms with E-state index in [4.69, 9.17) is 0 Å². The number of aliphatic carboxylic acids is 1. The number of carboxylic acid groups (broad SMARTS) is 1. The molecule has 0 amide bonds. The van der Waals surface area contributed by atoms with E-state index >= 15 is 0 Å². The molecule has 0 heterocycles. The van der Waals surface area contributed by atoms with Crippen LogP contribution in [0.3, 0.4) is 0 Å². The van der Waals surface area contributed by atoms with Crippen molar-refractivity contribution in [1.29, 1.82) is 0 Å². The lowest BCUT2D eigenvalue weighted by molar-refractivity contribution is -0.136. The summed E-state index contributed by atoms with van der Waals surface area (Å²) >= 11 is 0. The third kappa shape index (κ3) is 2.16. The van der Waals surface area contributed by atoms with Crippen molar-refractivity contribution in [3.8, 4) is 0 Å². The minimum absolute atomic E-state index is 0.108. The largest absolute Gasteiger partial charge is 0.478 e. The predicted octanol–water partition coefficient (Wildman–Crippen LogP) is 4.47. The smallest absolute Gasteiger partial charge is 0.331 e. The van der Waals surface area contributed by atoms with Crippen LogP contribution in [0.15, 0.2) is 11.6 Å². The molecular formula is C21H30O3. The highest BCUT2D eigenvalue weighted by Crippen LogP contribution is 2.66. The molecule has 0 aromatic carbocycles. The van der Waals surface area contributed by atoms with Crippen LogP contribution in [0, 0.1) is 40.4 Å². The highest BCUT2D eigenvalue weighted by atomic mass is 16.4. The molecule has 4 aliphatic rings. The standard InChI is InChI=1S/C21H30O3/c1-20-8-3-4-17(20)15-6-5-14-10-16(19(23)24)13(12-22)11-21(14,2)18(15)7-9-20/h10,12-15,17-18H,3-9,11H2,1-2H3,(H,23,24)/t13?,14?,15-,17-,18+,20-,21-/m0/s1. The molecule has 4 rings (SSSR count). The Kier molecular flexibility index (Phi) is 3.71. The summed E-state index contributed by atoms with van der Waals surface area (Å²) in [6.45, 7) is 4.87. The van der Waals surface area contributed by atoms with Gasteiger partial charge >= 0.3 is 5.97 Å². The van der Waals surface area contributed by atoms with E-state index in [0.29, 0.717) is 22.8 Å². The number of carbonyl (C=O) groups is 2. The number of hydrogen-bond donors (Lipinski definition) is 1. The van der Waals surface area contributed by atoms with Crippen LogP contribution in [-0.4, -0.2) is 17.4 Å². The van der Waals surface area contributed by atoms with Gasteiger partial charge in [-0.05, 0) is 79.4 Å². The highest BCUT2D eigenvalue weighted by Gasteiger charge is 2.58. The van der Waals surface area contributed by atoms with E-state index in [9.17, 15) is 14.7 Å². The lowest BCUT2D eigenvalue weighted by atomic mass is 9.45. The number of carboxylic acids is 1. The van der Waals surface area contributed by atoms with Crippen molar-refractivity contribution in [3.05, 3.63) is 11.6 Å². The summed E-state index contributed by atoms with van der Waals surface area (Å²) in [5.41, 5.74) is 1.01. The molecule has 1 N–H and O–H groups in total. The van der Waals surface area contributed by atoms with Gasteiger partial charge in [-0.1, -0.05) is 26.3 Å². The zero-order valence-corrected chi connectivity index (χ0v) is 15.0. The number of aldehydes is 1. The average molecular weight is 330 g/mol. The summed E-state index contributed by atoms with van der Waals surface area (Å²) in [4.78, 5) is 23.1. The maximum Gasteiger partial charge on any atom is 0.331 e. The van der Waals surface area contributed by atoms with Gasteiger partial charge < -0.3 is 9.90 Å². The Balaban J connectivity index is 1.68. The summed E-state index contributed by atoms with van der Waals surface area (Å²) in [7, 11) is 0. The molecule has 2 unspecified atom stereocenters. The van der Waals surface area contributed by atoms with Crippen LogP contribution >= 0.6 is 0 Å². The van der Waals surface area contributed by atoms with Crippen molar-refractivity contribution in [2.24, 2.45) is 40.4 Å². The molecule has 0 radical (unpaired) electrons. The molecule has 3 saturated carbocycles. The van der Waals surface area contributed by atoms with E-state index in [1.165, 1.54) is 38.5 Å². The molecule has 132 valence electrons. The van der Waals surface area contributed by atoms with Crippen molar-refractivity contribution in [3.63, 3.8) is 0 Å². The maximum absolute atomic E-state index is 11.6. The Labute approximate surface area is 144 Å². The van der Waals surface area contributed by atoms with Gasteiger partial charge in [0, 0.05) is 11.5 Å². The van der Waals surface area contributed by atoms with Gasteiger partial charge in [0.25, 0.3) is 0 Å². The molecule has 7 atom stereocenters. The first kappa shape index (κ1) is 16.4. The average Bonchev–Trinajstić information content (AvgIpc) is 2.94. The van der Waals surface area contributed by atoms with Crippen molar-refractivity contribution < 1.29 is 14.7 Å². The molecule has 3 fully saturated rings. The van der Waals surface area contributed by atoms with E-state index in [-0.39, 0.29) is 5.41 Å². The Morgan fingerprint density at radius 1 is 1.17 bits per heavy atom. The first-order valence-corrected chi connectivity index (χ1v) is 9.79. The molecule has 0 aliphatic heterocycles. The van der Waals surface area contributed by atoms with Gasteiger partial charge in [-0.3, -0.25) is 0 Å². The number of hydrogen-bond acceptors (Lipinski definition) is 2. The second kappa shape index (κ2) is 5.44. The number of rotatable bonds is 2. The summed E-state index contributed by atoms with van der Waals surface area (Å²) in [6.07, 6.45) is 12.7. The van der Waals surface area contributed by atoms with Crippen LogP contribution in [0.1, 0.15) is 65.2 Å². The van der Waals surface area contributed by atoms with Crippen LogP contribution in [0.25, 0.3) is 0 Å². The molecular weight excluding hydrogens is 300 g/mol. The first-order chi connectivity index (χ1) is 11.4. The van der Waals surface area contributed by atoms with Crippen molar-refractivity contribution >= 4 is 12.3 Å². The number of allylic oxidation sites excluding steroid dienone is 1. The molecule has 4 aliphatic carbocycles. The van der Waals surface area contributed by atoms with Crippen molar-refractivity contribution in [2.45, 2.75) is 65.2 Å². The summed E-state index contributed by atoms with van der Waals surface area (Å²) < 4.78 is 0. The minimum atomic E-state index is -0.900. The van der Waals surface area contributed by atoms with Crippen LogP contribution in [0.4, 0.5) is 0 Å². The predicted molar refractivity (Wildman–Crippen MR) is 92.4 cm³/mol. The fourth-order valence-corrected chi connectivity index (χ4v) is 7.33. The van der Waals surface area contributed by atoms with Gasteiger partial charge in [0.1, 0.15) is 6.29 Å². The fraction of sp³-hybridized carbons (Fsp3) is 0.810. The Bertz CT molecular complexity index is 594. The minimum Gasteiger partial charge on any atom is -0.478 e. The molecule has 0 saturated heterocycles. The van der Waals surface area contributed by atoms with Gasteiger partial charge in [0.15, 0.2) is 0 Å². The van der Waals surface area contributed by atoms with Gasteiger partial charge in [0.05, 0.1) is 0 Å². The van der Waals surface area contributed by atoms with E-state index in [0.717, 1.165) is 31.0 Å². The van der Waals surface area contributed by atoms with Gasteiger partial charge in [-0.15, -0.1) is 0 Å². The maximum atomic E-state index is 11.6. The first-order valence-electron chi connectivity index (χ1n) is 9.79. The van der Waals surface area contributed by atoms with Gasteiger partial charge in [-0.2, -0.15) is 0 Å². The fourth-order valence-electron chi connectivity index (χ4n) is 7.33. The topological polar surface area (TPSA) is 54.4 Å². The second-order valence-corrected chi connectivity index (χ2v) is 9.53. The SMILES string of the molecule is C[C@@]12CCC[C@H]1[C@@H]1CCC3C=C(C(=O)O)C(C=O)C[C@]3(C)[C@@H]1CC2. The van der Waals surface area contributed by atoms with Gasteiger partial charge in [0.2, 0.25) is 0 Å². The van der Waals surface area contributed by atoms with Crippen LogP contribution in [0.2, 0.25) is 0 Å². The Hall–Kier alpha value is -1.12. The summed E-state index contributed by atoms with van der Waals surface area (Å²) in [5, 5.41) is 9.48. The second-order valence-electron chi connectivity index (χ2n) is 9.53. The quantitative estimate of drug-likeness (QED) is 0.760. The van der Waals surface area contributed by atoms with Crippen molar-refractivity contribution in [1.82, 2.24) is 0 Å². The van der Waals surface area contributed by atoms with E-state index < -0.39 is 11.9 Å². The van der Waals surface area contributed by atoms with Crippen molar-refractivity contribution in [2.75, 3.05) is 0 Å². The molecule has 0 bridgehead atoms. The molecule has 3 heteroatoms. The zero-order valence-electron chi connectivity index (χ0n) is 15.0. The van der Waals surface area contributed by atoms with E-state index in [1.54, 1.807) is 0 Å². The zero-order chi connectivity index (χ0) is 17.1. The third-order valence-electron chi connectivity index (χ3n) is 8.57. The lowest BCUT2D eigenvalue weighted by Crippen LogP contribution is -2.52. The van der Waals surface area contributed by atoms with E-state index in [1.807, 2.05) is 6.08 Å². The summed E-state index contributed by atoms with van der Waals surface area (Å²) in [6, 6.07) is 0. The van der Waals surface area contributed by atoms with Crippen LogP contribution in [-0.2, 0) is 9.59 Å². The number of carbonyl (C=O) groups excluding carboxylic acids is 1. The summed E-state index contributed by atoms with van der Waals surface area (Å²) in [5.74, 6) is 1.34. The number of fused-ring (bicyclic) bond motifs is 5. The highest BCUT2D eigenvalue weighted by molar-refractivity contribution is 5.91. The normalized spacial score (nSPS) is 50.2. The van der Waals surface area contributed by atoms with E-state index in [2.05, 4.69) is 13.8 Å². The molecule has 0 aromatic rings. The molecule has 0 aromatic heterocycles. The third-order valence-corrected chi connectivity index (χ3v) is 8.57. The van der Waals surface area contributed by atoms with Crippen LogP contribution < -0.4 is 0 Å². The van der Waals surface area contributed by atoms with Crippen LogP contribution in [0.5, 0.6) is 0 Å². The molecule has 0 spiro atoms. The van der Waals surface area contributed by atoms with Gasteiger partial charge in [-0.25, -0.2) is 4.79 Å². The monoisotopic (exact) mass is 330 g/mol. The molecule has 3 nitrogen and oxygen atoms in total. The Morgan fingerprint density at radius 3 is 2.67 bits per heavy atom. The lowest BCUT2D eigenvalue weighted by Gasteiger charge is -2.59.